The van der Waals surface area contributed by atoms with E-state index in [0.717, 1.165) is 27.6 Å². The fraction of sp³-hybridized carbons (Fsp3) is 0.426. The van der Waals surface area contributed by atoms with Crippen LogP contribution in [0.5, 0.6) is 0 Å². The standard InChI is InChI=1S/C54H59F3N8O11S/c1-53(2,3)75-51(71)64-30-40(47(68)45-41(56)13-14-42(46(45)57)65(52(72)76-54(4,5)6)77(73,74)62-18-17-35(55)28-62)39-25-33(26-58-48(39)64)32-8-10-36(11-9-32)61-21-19-60(20-22-61)29-37(66)24-31-7-12-38-34(23-31)27-63(50(38)70)43-15-16-44(67)59-49(43)69/h7-14,23,25-26,30,35,37,43,66H,15-22,24,27-29H2,1-6H3,(H,59,67,69)/t35-,37?,43?/m1/s1. The molecule has 4 aliphatic heterocycles. The van der Waals surface area contributed by atoms with Gasteiger partial charge in [-0.05, 0) is 114 Å². The number of anilines is 2. The number of ether oxygens (including phenoxy) is 2. The number of piperidine rings is 1. The second-order valence-corrected chi connectivity index (χ2v) is 23.4. The van der Waals surface area contributed by atoms with Crippen LogP contribution < -0.4 is 14.5 Å². The van der Waals surface area contributed by atoms with Gasteiger partial charge < -0.3 is 24.4 Å². The summed E-state index contributed by atoms with van der Waals surface area (Å²) >= 11 is 0. The number of β-amino-alcohol motifs (C(OH)–C–C–N with tert-alkyl or cyclic N) is 1. The lowest BCUT2D eigenvalue weighted by Gasteiger charge is -2.37. The van der Waals surface area contributed by atoms with Crippen molar-refractivity contribution in [2.45, 2.75) is 103 Å². The second kappa shape index (κ2) is 21.0. The monoisotopic (exact) mass is 1080 g/mol. The SMILES string of the molecule is CC(C)(C)OC(=O)N(c1ccc(F)c(C(=O)c2cn(C(=O)OC(C)(C)C)c3ncc(-c4ccc(N5CCN(CC(O)Cc6ccc7c(c6)CN(C6CCC(=O)NC6=O)C7=O)CC5)cc4)cc23)c1F)S(=O)(=O)N1CC[C@@H](F)C1. The number of imide groups is 1. The zero-order valence-corrected chi connectivity index (χ0v) is 44.2. The Bertz CT molecular complexity index is 3310. The van der Waals surface area contributed by atoms with Crippen LogP contribution in [0.2, 0.25) is 0 Å². The number of pyridine rings is 1. The van der Waals surface area contributed by atoms with Crippen LogP contribution in [-0.2, 0) is 42.2 Å². The van der Waals surface area contributed by atoms with Crippen molar-refractivity contribution in [1.29, 1.82) is 0 Å². The number of aliphatic hydroxyl groups excluding tert-OH is 1. The molecule has 4 amide bonds. The topological polar surface area (TPSA) is 221 Å². The highest BCUT2D eigenvalue weighted by atomic mass is 32.2. The van der Waals surface area contributed by atoms with Crippen molar-refractivity contribution >= 4 is 68.3 Å². The van der Waals surface area contributed by atoms with Gasteiger partial charge in [-0.1, -0.05) is 24.3 Å². The minimum atomic E-state index is -5.07. The van der Waals surface area contributed by atoms with Gasteiger partial charge in [0.25, 0.3) is 5.91 Å². The number of amides is 4. The molecule has 3 fully saturated rings. The number of rotatable bonds is 12. The first-order chi connectivity index (χ1) is 36.3. The van der Waals surface area contributed by atoms with E-state index in [1.54, 1.807) is 26.8 Å². The van der Waals surface area contributed by atoms with Gasteiger partial charge in [0.15, 0.2) is 5.82 Å². The number of benzene rings is 3. The molecule has 6 heterocycles. The normalized spacial score (nSPS) is 19.1. The first-order valence-corrected chi connectivity index (χ1v) is 26.6. The van der Waals surface area contributed by atoms with Crippen LogP contribution in [0.4, 0.5) is 34.1 Å². The largest absolute Gasteiger partial charge is 0.443 e. The Morgan fingerprint density at radius 3 is 2.23 bits per heavy atom. The molecule has 3 aromatic carbocycles. The summed E-state index contributed by atoms with van der Waals surface area (Å²) in [6.07, 6.45) is -1.75. The zero-order valence-electron chi connectivity index (χ0n) is 43.3. The van der Waals surface area contributed by atoms with Crippen LogP contribution in [0.3, 0.4) is 0 Å². The maximum atomic E-state index is 17.0. The number of ketones is 1. The maximum Gasteiger partial charge on any atom is 0.430 e. The first kappa shape index (κ1) is 54.6. The van der Waals surface area contributed by atoms with Gasteiger partial charge in [0.1, 0.15) is 40.6 Å². The van der Waals surface area contributed by atoms with E-state index in [-0.39, 0.29) is 59.5 Å². The zero-order chi connectivity index (χ0) is 55.5. The molecule has 2 aromatic heterocycles. The number of nitrogens with zero attached hydrogens (tertiary/aromatic N) is 7. The van der Waals surface area contributed by atoms with E-state index in [1.165, 1.54) is 37.9 Å². The Hall–Kier alpha value is -7.21. The van der Waals surface area contributed by atoms with Crippen LogP contribution in [0.1, 0.15) is 98.2 Å². The number of aromatic nitrogens is 2. The summed E-state index contributed by atoms with van der Waals surface area (Å²) in [6.45, 7) is 11.4. The van der Waals surface area contributed by atoms with Crippen molar-refractivity contribution in [3.05, 3.63) is 113 Å². The van der Waals surface area contributed by atoms with E-state index < -0.39 is 98.6 Å². The molecular formula is C54H59F3N8O11S. The van der Waals surface area contributed by atoms with Gasteiger partial charge in [-0.3, -0.25) is 29.4 Å². The van der Waals surface area contributed by atoms with Crippen molar-refractivity contribution in [2.24, 2.45) is 0 Å². The Morgan fingerprint density at radius 2 is 1.58 bits per heavy atom. The highest BCUT2D eigenvalue weighted by molar-refractivity contribution is 7.91. The number of alkyl halides is 1. The predicted molar refractivity (Wildman–Crippen MR) is 276 cm³/mol. The molecule has 0 saturated carbocycles. The molecule has 3 saturated heterocycles. The maximum absolute atomic E-state index is 17.0. The lowest BCUT2D eigenvalue weighted by atomic mass is 9.99. The summed E-state index contributed by atoms with van der Waals surface area (Å²) in [6, 6.07) is 15.0. The number of hydrogen-bond donors (Lipinski definition) is 2. The predicted octanol–water partition coefficient (Wildman–Crippen LogP) is 6.51. The average molecular weight is 1090 g/mol. The third-order valence-corrected chi connectivity index (χ3v) is 15.5. The van der Waals surface area contributed by atoms with E-state index in [0.29, 0.717) is 72.3 Å². The van der Waals surface area contributed by atoms with Gasteiger partial charge in [-0.2, -0.15) is 17.0 Å². The molecule has 2 unspecified atom stereocenters. The van der Waals surface area contributed by atoms with E-state index in [1.807, 2.05) is 36.4 Å². The number of carbonyl (C=O) groups is 6. The van der Waals surface area contributed by atoms with E-state index in [9.17, 15) is 46.7 Å². The van der Waals surface area contributed by atoms with E-state index in [2.05, 4.69) is 20.1 Å². The molecule has 0 spiro atoms. The third kappa shape index (κ3) is 11.4. The smallest absolute Gasteiger partial charge is 0.430 e. The Morgan fingerprint density at radius 1 is 0.883 bits per heavy atom. The van der Waals surface area contributed by atoms with E-state index >= 15 is 8.78 Å². The molecule has 5 aromatic rings. The molecule has 2 N–H and O–H groups in total. The van der Waals surface area contributed by atoms with Crippen LogP contribution in [0.15, 0.2) is 73.1 Å². The lowest BCUT2D eigenvalue weighted by molar-refractivity contribution is -0.136. The number of aliphatic hydroxyl groups is 1. The number of nitrogens with one attached hydrogen (secondary N) is 1. The number of carbonyl (C=O) groups excluding carboxylic acids is 6. The van der Waals surface area contributed by atoms with Gasteiger partial charge in [0.05, 0.1) is 17.2 Å². The van der Waals surface area contributed by atoms with Gasteiger partial charge in [-0.25, -0.2) is 32.3 Å². The molecule has 9 rings (SSSR count). The quantitative estimate of drug-likeness (QED) is 0.101. The van der Waals surface area contributed by atoms with Crippen LogP contribution >= 0.6 is 0 Å². The van der Waals surface area contributed by atoms with Crippen molar-refractivity contribution in [3.8, 4) is 11.1 Å². The minimum Gasteiger partial charge on any atom is -0.443 e. The molecule has 0 bridgehead atoms. The molecular weight excluding hydrogens is 1030 g/mol. The van der Waals surface area contributed by atoms with Gasteiger partial charge in [0, 0.05) is 93.4 Å². The molecule has 77 heavy (non-hydrogen) atoms. The summed E-state index contributed by atoms with van der Waals surface area (Å²) in [5.41, 5.74) is -1.05. The summed E-state index contributed by atoms with van der Waals surface area (Å²) in [5, 5.41) is 13.5. The Labute approximate surface area is 442 Å². The van der Waals surface area contributed by atoms with Crippen molar-refractivity contribution in [2.75, 3.05) is 55.0 Å². The summed E-state index contributed by atoms with van der Waals surface area (Å²) < 4.78 is 87.7. The van der Waals surface area contributed by atoms with Crippen LogP contribution in [-0.4, -0.2) is 148 Å². The van der Waals surface area contributed by atoms with Gasteiger partial charge in [-0.15, -0.1) is 0 Å². The fourth-order valence-electron chi connectivity index (χ4n) is 10.0. The van der Waals surface area contributed by atoms with Gasteiger partial charge in [0.2, 0.25) is 17.6 Å². The number of fused-ring (bicyclic) bond motifs is 2. The van der Waals surface area contributed by atoms with Crippen LogP contribution in [0, 0.1) is 11.6 Å². The highest BCUT2D eigenvalue weighted by Crippen LogP contribution is 2.36. The molecule has 408 valence electrons. The minimum absolute atomic E-state index is 0.0182. The Kier molecular flexibility index (Phi) is 14.9. The van der Waals surface area contributed by atoms with Crippen LogP contribution in [0.25, 0.3) is 22.2 Å². The fourth-order valence-corrected chi connectivity index (χ4v) is 11.5. The summed E-state index contributed by atoms with van der Waals surface area (Å²) in [5.74, 6) is -5.58. The van der Waals surface area contributed by atoms with Crippen molar-refractivity contribution in [3.63, 3.8) is 0 Å². The molecule has 3 atom stereocenters. The van der Waals surface area contributed by atoms with Crippen molar-refractivity contribution in [1.82, 2.24) is 29.0 Å². The van der Waals surface area contributed by atoms with Crippen molar-refractivity contribution < 1.29 is 64.9 Å². The molecule has 4 aliphatic rings. The molecule has 19 nitrogen and oxygen atoms in total. The molecule has 0 radical (unpaired) electrons. The molecule has 0 aliphatic carbocycles. The number of hydrogen-bond acceptors (Lipinski definition) is 14. The van der Waals surface area contributed by atoms with Gasteiger partial charge >= 0.3 is 22.4 Å². The first-order valence-electron chi connectivity index (χ1n) is 25.2. The summed E-state index contributed by atoms with van der Waals surface area (Å²) in [7, 11) is -5.07. The lowest BCUT2D eigenvalue weighted by Crippen LogP contribution is -2.52. The second-order valence-electron chi connectivity index (χ2n) is 21.7. The Balaban J connectivity index is 0.916. The third-order valence-electron chi connectivity index (χ3n) is 13.7. The number of halogens is 3. The average Bonchev–Trinajstić information content (AvgIpc) is 4.22. The highest BCUT2D eigenvalue weighted by Gasteiger charge is 2.44. The van der Waals surface area contributed by atoms with E-state index in [4.69, 9.17) is 9.47 Å². The number of piperazine rings is 1. The summed E-state index contributed by atoms with van der Waals surface area (Å²) in [4.78, 5) is 89.5. The molecule has 23 heteroatoms.